The Balaban J connectivity index is 1.71. The molecule has 0 saturated carbocycles. The number of hydrogen-bond donors (Lipinski definition) is 3. The Morgan fingerprint density at radius 3 is 2.42 bits per heavy atom. The summed E-state index contributed by atoms with van der Waals surface area (Å²) in [6.07, 6.45) is 2.11. The zero-order valence-electron chi connectivity index (χ0n) is 18.5. The number of aliphatic imine (C=N–C) groups is 1. The normalized spacial score (nSPS) is 16.7. The molecule has 1 atom stereocenters. The zero-order valence-corrected chi connectivity index (χ0v) is 20.2. The van der Waals surface area contributed by atoms with Gasteiger partial charge < -0.3 is 5.32 Å². The molecule has 9 nitrogen and oxygen atoms in total. The smallest absolute Gasteiger partial charge is 0.263 e. The van der Waals surface area contributed by atoms with Gasteiger partial charge in [0.25, 0.3) is 10.0 Å². The predicted molar refractivity (Wildman–Crippen MR) is 127 cm³/mol. The third kappa shape index (κ3) is 6.40. The van der Waals surface area contributed by atoms with Crippen molar-refractivity contribution in [3.8, 4) is 0 Å². The van der Waals surface area contributed by atoms with Crippen LogP contribution in [0.25, 0.3) is 0 Å². The van der Waals surface area contributed by atoms with Gasteiger partial charge in [0.05, 0.1) is 10.6 Å². The Bertz CT molecular complexity index is 1240. The summed E-state index contributed by atoms with van der Waals surface area (Å²) < 4.78 is 52.7. The maximum atomic E-state index is 12.9. The number of fused-ring (bicyclic) bond motifs is 1. The van der Waals surface area contributed by atoms with Crippen molar-refractivity contribution in [2.75, 3.05) is 7.05 Å². The van der Waals surface area contributed by atoms with E-state index in [2.05, 4.69) is 19.8 Å². The van der Waals surface area contributed by atoms with Gasteiger partial charge in [-0.05, 0) is 36.7 Å². The number of rotatable bonds is 10. The van der Waals surface area contributed by atoms with Crippen LogP contribution in [0, 0.1) is 0 Å². The minimum absolute atomic E-state index is 0.121. The highest BCUT2D eigenvalue weighted by molar-refractivity contribution is 7.90. The van der Waals surface area contributed by atoms with E-state index in [-0.39, 0.29) is 28.9 Å². The largest absolute Gasteiger partial charge is 0.350 e. The molecule has 0 aliphatic carbocycles. The molecule has 1 amide bonds. The average molecular weight is 493 g/mol. The topological polar surface area (TPSA) is 134 Å². The van der Waals surface area contributed by atoms with Crippen molar-refractivity contribution in [3.05, 3.63) is 65.2 Å². The molecule has 0 aromatic heterocycles. The van der Waals surface area contributed by atoms with E-state index in [4.69, 9.17) is 0 Å². The van der Waals surface area contributed by atoms with Gasteiger partial charge in [0, 0.05) is 12.1 Å². The van der Waals surface area contributed by atoms with Crippen molar-refractivity contribution in [1.82, 2.24) is 14.8 Å². The number of nitrogens with zero attached hydrogens (tertiary/aromatic N) is 1. The summed E-state index contributed by atoms with van der Waals surface area (Å²) in [5.41, 5.74) is 1.90. The molecule has 178 valence electrons. The zero-order chi connectivity index (χ0) is 24.1. The first-order valence-corrected chi connectivity index (χ1v) is 13.8. The third-order valence-electron chi connectivity index (χ3n) is 5.24. The standard InChI is InChI=1S/C22H28N4O5S2/c1-3-4-8-19(25-21-18-7-5-6-9-20(18)33(30,31)26-21)22(27)24-14-16-10-12-17(13-11-16)15-32(28,29)23-2/h5-7,9-13,19,23H,3-4,8,14-15H2,1-2H3,(H,24,27)(H,25,26). The van der Waals surface area contributed by atoms with Crippen molar-refractivity contribution in [2.24, 2.45) is 4.99 Å². The summed E-state index contributed by atoms with van der Waals surface area (Å²) in [6.45, 7) is 2.25. The molecule has 2 aromatic carbocycles. The van der Waals surface area contributed by atoms with Crippen LogP contribution in [0.15, 0.2) is 58.4 Å². The predicted octanol–water partition coefficient (Wildman–Crippen LogP) is 1.65. The van der Waals surface area contributed by atoms with Crippen LogP contribution in [0.5, 0.6) is 0 Å². The molecule has 33 heavy (non-hydrogen) atoms. The molecule has 0 bridgehead atoms. The van der Waals surface area contributed by atoms with E-state index in [0.29, 0.717) is 17.5 Å². The molecular weight excluding hydrogens is 464 g/mol. The van der Waals surface area contributed by atoms with Crippen molar-refractivity contribution in [1.29, 1.82) is 0 Å². The first-order valence-electron chi connectivity index (χ1n) is 10.6. The summed E-state index contributed by atoms with van der Waals surface area (Å²) >= 11 is 0. The maximum Gasteiger partial charge on any atom is 0.263 e. The fraction of sp³-hybridized carbons (Fsp3) is 0.364. The molecule has 0 saturated heterocycles. The van der Waals surface area contributed by atoms with E-state index < -0.39 is 26.1 Å². The van der Waals surface area contributed by atoms with Crippen molar-refractivity contribution in [2.45, 2.75) is 49.4 Å². The Morgan fingerprint density at radius 2 is 1.76 bits per heavy atom. The molecule has 1 aliphatic heterocycles. The molecule has 1 heterocycles. The van der Waals surface area contributed by atoms with E-state index in [9.17, 15) is 21.6 Å². The van der Waals surface area contributed by atoms with Gasteiger partial charge in [0.1, 0.15) is 11.9 Å². The van der Waals surface area contributed by atoms with Crippen molar-refractivity contribution < 1.29 is 21.6 Å². The van der Waals surface area contributed by atoms with Crippen LogP contribution in [-0.2, 0) is 37.1 Å². The fourth-order valence-corrected chi connectivity index (χ4v) is 5.40. The number of nitrogens with one attached hydrogen (secondary N) is 3. The second-order valence-electron chi connectivity index (χ2n) is 7.73. The van der Waals surface area contributed by atoms with Crippen LogP contribution >= 0.6 is 0 Å². The lowest BCUT2D eigenvalue weighted by Gasteiger charge is -2.14. The fourth-order valence-electron chi connectivity index (χ4n) is 3.39. The Morgan fingerprint density at radius 1 is 1.09 bits per heavy atom. The number of carbonyl (C=O) groups excluding carboxylic acids is 1. The third-order valence-corrected chi connectivity index (χ3v) is 7.97. The molecule has 1 unspecified atom stereocenters. The molecule has 0 spiro atoms. The number of carbonyl (C=O) groups is 1. The summed E-state index contributed by atoms with van der Waals surface area (Å²) in [6, 6.07) is 12.7. The van der Waals surface area contributed by atoms with Gasteiger partial charge in [0.2, 0.25) is 15.9 Å². The van der Waals surface area contributed by atoms with Crippen LogP contribution in [0.3, 0.4) is 0 Å². The minimum Gasteiger partial charge on any atom is -0.350 e. The lowest BCUT2D eigenvalue weighted by Crippen LogP contribution is -2.35. The first-order chi connectivity index (χ1) is 15.6. The van der Waals surface area contributed by atoms with Gasteiger partial charge in [0.15, 0.2) is 0 Å². The van der Waals surface area contributed by atoms with E-state index in [1.54, 1.807) is 42.5 Å². The van der Waals surface area contributed by atoms with E-state index >= 15 is 0 Å². The highest BCUT2D eigenvalue weighted by atomic mass is 32.2. The quantitative estimate of drug-likeness (QED) is 0.464. The van der Waals surface area contributed by atoms with Gasteiger partial charge in [-0.15, -0.1) is 0 Å². The van der Waals surface area contributed by atoms with Gasteiger partial charge in [-0.2, -0.15) is 0 Å². The van der Waals surface area contributed by atoms with E-state index in [0.717, 1.165) is 18.4 Å². The SMILES string of the molecule is CCCCC(N=C1NS(=O)(=O)c2ccccc21)C(=O)NCc1ccc(CS(=O)(=O)NC)cc1. The molecule has 0 radical (unpaired) electrons. The molecule has 3 N–H and O–H groups in total. The number of sulfonamides is 2. The molecule has 0 fully saturated rings. The van der Waals surface area contributed by atoms with Crippen LogP contribution < -0.4 is 14.8 Å². The molecule has 3 rings (SSSR count). The number of hydrogen-bond acceptors (Lipinski definition) is 6. The van der Waals surface area contributed by atoms with Crippen LogP contribution in [-0.4, -0.2) is 41.7 Å². The number of benzene rings is 2. The van der Waals surface area contributed by atoms with E-state index in [1.165, 1.54) is 13.1 Å². The van der Waals surface area contributed by atoms with Crippen molar-refractivity contribution >= 4 is 31.8 Å². The number of amides is 1. The minimum atomic E-state index is -3.68. The monoisotopic (exact) mass is 492 g/mol. The van der Waals surface area contributed by atoms with Crippen molar-refractivity contribution in [3.63, 3.8) is 0 Å². The Hall–Kier alpha value is -2.76. The molecule has 1 aliphatic rings. The summed E-state index contributed by atoms with van der Waals surface area (Å²) in [5.74, 6) is -0.247. The lowest BCUT2D eigenvalue weighted by atomic mass is 10.1. The number of unbranched alkanes of at least 4 members (excludes halogenated alkanes) is 1. The van der Waals surface area contributed by atoms with Crippen LogP contribution in [0.4, 0.5) is 0 Å². The van der Waals surface area contributed by atoms with Gasteiger partial charge in [-0.3, -0.25) is 14.5 Å². The highest BCUT2D eigenvalue weighted by Crippen LogP contribution is 2.23. The molecular formula is C22H28N4O5S2. The van der Waals surface area contributed by atoms with Crippen LogP contribution in [0.1, 0.15) is 42.9 Å². The van der Waals surface area contributed by atoms with E-state index in [1.807, 2.05) is 6.92 Å². The maximum absolute atomic E-state index is 12.9. The Labute approximate surface area is 194 Å². The average Bonchev–Trinajstić information content (AvgIpc) is 3.05. The second-order valence-corrected chi connectivity index (χ2v) is 11.3. The van der Waals surface area contributed by atoms with Gasteiger partial charge >= 0.3 is 0 Å². The lowest BCUT2D eigenvalue weighted by molar-refractivity contribution is -0.122. The summed E-state index contributed by atoms with van der Waals surface area (Å²) in [7, 11) is -5.67. The summed E-state index contributed by atoms with van der Waals surface area (Å²) in [4.78, 5) is 17.5. The summed E-state index contributed by atoms with van der Waals surface area (Å²) in [5, 5.41) is 2.85. The molecule has 2 aromatic rings. The number of amidine groups is 1. The first kappa shape index (κ1) is 24.9. The Kier molecular flexibility index (Phi) is 7.88. The highest BCUT2D eigenvalue weighted by Gasteiger charge is 2.31. The second kappa shape index (κ2) is 10.4. The van der Waals surface area contributed by atoms with Gasteiger partial charge in [-0.1, -0.05) is 56.2 Å². The molecule has 11 heteroatoms. The van der Waals surface area contributed by atoms with Gasteiger partial charge in [-0.25, -0.2) is 21.6 Å². The van der Waals surface area contributed by atoms with Crippen LogP contribution in [0.2, 0.25) is 0 Å².